The molecule has 1 heterocycles. The van der Waals surface area contributed by atoms with Gasteiger partial charge in [-0.05, 0) is 39.9 Å². The molecule has 20 heavy (non-hydrogen) atoms. The fourth-order valence-electron chi connectivity index (χ4n) is 1.85. The number of nitro benzene ring substituents is 1. The summed E-state index contributed by atoms with van der Waals surface area (Å²) in [6, 6.07) is 6.19. The molecule has 1 N–H and O–H groups in total. The second-order valence-corrected chi connectivity index (χ2v) is 5.99. The van der Waals surface area contributed by atoms with Gasteiger partial charge in [0.2, 0.25) is 0 Å². The molecule has 0 saturated carbocycles. The van der Waals surface area contributed by atoms with Crippen LogP contribution in [-0.4, -0.2) is 4.92 Å². The van der Waals surface area contributed by atoms with E-state index in [4.69, 9.17) is 0 Å². The molecule has 4 nitrogen and oxygen atoms in total. The van der Waals surface area contributed by atoms with Crippen LogP contribution in [0.2, 0.25) is 0 Å². The molecule has 0 aliphatic heterocycles. The predicted molar refractivity (Wildman–Crippen MR) is 81.7 cm³/mol. The van der Waals surface area contributed by atoms with E-state index in [-0.39, 0.29) is 16.2 Å². The highest BCUT2D eigenvalue weighted by molar-refractivity contribution is 9.10. The van der Waals surface area contributed by atoms with Crippen molar-refractivity contribution in [2.45, 2.75) is 19.4 Å². The Hall–Kier alpha value is -1.47. The number of nitrogens with one attached hydrogen (secondary N) is 1. The minimum Gasteiger partial charge on any atom is -0.372 e. The van der Waals surface area contributed by atoms with Gasteiger partial charge in [-0.25, -0.2) is 4.39 Å². The van der Waals surface area contributed by atoms with Crippen LogP contribution < -0.4 is 5.32 Å². The summed E-state index contributed by atoms with van der Waals surface area (Å²) in [5.41, 5.74) is 0.0456. The Kier molecular flexibility index (Phi) is 4.72. The number of benzene rings is 1. The molecule has 0 aliphatic carbocycles. The van der Waals surface area contributed by atoms with Crippen LogP contribution in [0.1, 0.15) is 24.3 Å². The highest BCUT2D eigenvalue weighted by Gasteiger charge is 2.20. The topological polar surface area (TPSA) is 55.2 Å². The van der Waals surface area contributed by atoms with Gasteiger partial charge in [0.15, 0.2) is 0 Å². The summed E-state index contributed by atoms with van der Waals surface area (Å²) >= 11 is 4.63. The lowest BCUT2D eigenvalue weighted by atomic mass is 10.1. The van der Waals surface area contributed by atoms with Gasteiger partial charge in [-0.15, -0.1) is 11.3 Å². The quantitative estimate of drug-likeness (QED) is 0.595. The van der Waals surface area contributed by atoms with E-state index in [2.05, 4.69) is 21.2 Å². The molecule has 0 spiro atoms. The van der Waals surface area contributed by atoms with Crippen molar-refractivity contribution in [3.63, 3.8) is 0 Å². The highest BCUT2D eigenvalue weighted by Crippen LogP contribution is 2.34. The fourth-order valence-corrected chi connectivity index (χ4v) is 3.06. The molecule has 1 unspecified atom stereocenters. The van der Waals surface area contributed by atoms with Crippen LogP contribution in [0.3, 0.4) is 0 Å². The van der Waals surface area contributed by atoms with Gasteiger partial charge in [0, 0.05) is 4.88 Å². The Balaban J connectivity index is 2.37. The van der Waals surface area contributed by atoms with Crippen LogP contribution in [0.4, 0.5) is 15.8 Å². The third kappa shape index (κ3) is 3.16. The predicted octanol–water partition coefficient (Wildman–Crippen LogP) is 5.12. The monoisotopic (exact) mass is 358 g/mol. The zero-order valence-electron chi connectivity index (χ0n) is 10.6. The third-order valence-corrected chi connectivity index (χ3v) is 4.45. The molecule has 0 radical (unpaired) electrons. The van der Waals surface area contributed by atoms with Crippen molar-refractivity contribution in [1.29, 1.82) is 0 Å². The van der Waals surface area contributed by atoms with E-state index in [0.717, 1.165) is 17.4 Å². The van der Waals surface area contributed by atoms with Crippen molar-refractivity contribution in [1.82, 2.24) is 0 Å². The summed E-state index contributed by atoms with van der Waals surface area (Å²) < 4.78 is 13.6. The second kappa shape index (κ2) is 6.32. The number of anilines is 1. The summed E-state index contributed by atoms with van der Waals surface area (Å²) in [7, 11) is 0. The Morgan fingerprint density at radius 1 is 1.55 bits per heavy atom. The first-order valence-corrected chi connectivity index (χ1v) is 7.63. The van der Waals surface area contributed by atoms with Crippen LogP contribution in [0, 0.1) is 15.9 Å². The lowest BCUT2D eigenvalue weighted by Gasteiger charge is -2.17. The van der Waals surface area contributed by atoms with Crippen molar-refractivity contribution in [2.75, 3.05) is 5.32 Å². The minimum atomic E-state index is -0.647. The van der Waals surface area contributed by atoms with Gasteiger partial charge in [-0.2, -0.15) is 0 Å². The molecular weight excluding hydrogens is 347 g/mol. The van der Waals surface area contributed by atoms with E-state index >= 15 is 0 Å². The van der Waals surface area contributed by atoms with Crippen LogP contribution in [0.15, 0.2) is 34.1 Å². The van der Waals surface area contributed by atoms with Gasteiger partial charge in [0.1, 0.15) is 11.5 Å². The number of nitrogens with zero attached hydrogens (tertiary/aromatic N) is 1. The van der Waals surface area contributed by atoms with Crippen molar-refractivity contribution < 1.29 is 9.31 Å². The van der Waals surface area contributed by atoms with Crippen molar-refractivity contribution in [3.05, 3.63) is 54.9 Å². The zero-order valence-corrected chi connectivity index (χ0v) is 13.0. The number of nitro groups is 1. The van der Waals surface area contributed by atoms with E-state index in [1.54, 1.807) is 11.3 Å². The molecule has 0 saturated heterocycles. The number of halogens is 2. The smallest absolute Gasteiger partial charge is 0.295 e. The van der Waals surface area contributed by atoms with E-state index in [1.165, 1.54) is 6.07 Å². The van der Waals surface area contributed by atoms with Crippen LogP contribution in [0.5, 0.6) is 0 Å². The third-order valence-electron chi connectivity index (χ3n) is 2.86. The van der Waals surface area contributed by atoms with Crippen LogP contribution >= 0.6 is 27.3 Å². The maximum atomic E-state index is 13.4. The first-order chi connectivity index (χ1) is 9.52. The van der Waals surface area contributed by atoms with E-state index in [9.17, 15) is 14.5 Å². The SMILES string of the molecule is CCC(Nc1cc(Br)c(F)cc1[N+](=O)[O-])c1cccs1. The number of hydrogen-bond acceptors (Lipinski definition) is 4. The molecule has 1 aromatic carbocycles. The molecule has 0 fully saturated rings. The fraction of sp³-hybridized carbons (Fsp3) is 0.231. The van der Waals surface area contributed by atoms with Gasteiger partial charge < -0.3 is 5.32 Å². The standard InChI is InChI=1S/C13H12BrFN2O2S/c1-2-10(13-4-3-5-20-13)16-11-6-8(14)9(15)7-12(11)17(18)19/h3-7,10,16H,2H2,1H3. The maximum Gasteiger partial charge on any atom is 0.295 e. The summed E-state index contributed by atoms with van der Waals surface area (Å²) in [4.78, 5) is 11.5. The molecule has 0 bridgehead atoms. The van der Waals surface area contributed by atoms with Crippen LogP contribution in [0.25, 0.3) is 0 Å². The van der Waals surface area contributed by atoms with Crippen molar-refractivity contribution >= 4 is 38.6 Å². The minimum absolute atomic E-state index is 0.0361. The first-order valence-electron chi connectivity index (χ1n) is 5.96. The number of hydrogen-bond donors (Lipinski definition) is 1. The Labute approximate surface area is 127 Å². The first kappa shape index (κ1) is 14.9. The maximum absolute atomic E-state index is 13.4. The van der Waals surface area contributed by atoms with Crippen molar-refractivity contribution in [3.8, 4) is 0 Å². The Morgan fingerprint density at radius 3 is 2.85 bits per heavy atom. The lowest BCUT2D eigenvalue weighted by molar-refractivity contribution is -0.384. The molecule has 0 amide bonds. The van der Waals surface area contributed by atoms with Crippen molar-refractivity contribution in [2.24, 2.45) is 0 Å². The van der Waals surface area contributed by atoms with E-state index in [1.807, 2.05) is 24.4 Å². The molecular formula is C13H12BrFN2O2S. The van der Waals surface area contributed by atoms with Gasteiger partial charge in [-0.1, -0.05) is 13.0 Å². The largest absolute Gasteiger partial charge is 0.372 e. The molecule has 2 rings (SSSR count). The zero-order chi connectivity index (χ0) is 14.7. The molecule has 106 valence electrons. The average molecular weight is 359 g/mol. The summed E-state index contributed by atoms with van der Waals surface area (Å²) in [5, 5.41) is 16.1. The molecule has 7 heteroatoms. The lowest BCUT2D eigenvalue weighted by Crippen LogP contribution is -2.10. The summed E-state index contributed by atoms with van der Waals surface area (Å²) in [5.74, 6) is -0.647. The number of rotatable bonds is 5. The van der Waals surface area contributed by atoms with Gasteiger partial charge in [0.05, 0.1) is 21.5 Å². The molecule has 2 aromatic rings. The van der Waals surface area contributed by atoms with Crippen LogP contribution in [-0.2, 0) is 0 Å². The summed E-state index contributed by atoms with van der Waals surface area (Å²) in [6.45, 7) is 1.99. The second-order valence-electron chi connectivity index (χ2n) is 4.16. The van der Waals surface area contributed by atoms with E-state index in [0.29, 0.717) is 5.69 Å². The Morgan fingerprint density at radius 2 is 2.30 bits per heavy atom. The average Bonchev–Trinajstić information content (AvgIpc) is 2.93. The van der Waals surface area contributed by atoms with Gasteiger partial charge in [0.25, 0.3) is 5.69 Å². The molecule has 1 aromatic heterocycles. The Bertz CT molecular complexity index is 619. The molecule has 1 atom stereocenters. The summed E-state index contributed by atoms with van der Waals surface area (Å²) in [6.07, 6.45) is 0.770. The van der Waals surface area contributed by atoms with Gasteiger partial charge in [-0.3, -0.25) is 10.1 Å². The molecule has 0 aliphatic rings. The number of thiophene rings is 1. The van der Waals surface area contributed by atoms with E-state index < -0.39 is 10.7 Å². The van der Waals surface area contributed by atoms with Gasteiger partial charge >= 0.3 is 0 Å². The normalized spacial score (nSPS) is 12.2. The highest BCUT2D eigenvalue weighted by atomic mass is 79.9.